The second-order valence-electron chi connectivity index (χ2n) is 7.11. The van der Waals surface area contributed by atoms with E-state index in [2.05, 4.69) is 31.2 Å². The number of hydrogen-bond donors (Lipinski definition) is 0. The molecule has 28 heavy (non-hydrogen) atoms. The minimum Gasteiger partial charge on any atom is -0.352 e. The summed E-state index contributed by atoms with van der Waals surface area (Å²) in [5, 5.41) is 22.4. The van der Waals surface area contributed by atoms with Gasteiger partial charge in [0.2, 0.25) is 0 Å². The van der Waals surface area contributed by atoms with Crippen molar-refractivity contribution in [2.75, 3.05) is 36.0 Å². The summed E-state index contributed by atoms with van der Waals surface area (Å²) < 4.78 is 1.69. The molecular formula is C20H20N8. The number of nitrogens with zero attached hydrogens (tertiary/aromatic N) is 8. The lowest BCUT2D eigenvalue weighted by atomic mass is 10.1. The van der Waals surface area contributed by atoms with Crippen molar-refractivity contribution in [3.8, 4) is 11.9 Å². The Balaban J connectivity index is 1.30. The molecule has 0 radical (unpaired) electrons. The number of piperazine rings is 1. The molecule has 1 aliphatic heterocycles. The van der Waals surface area contributed by atoms with E-state index in [1.54, 1.807) is 10.9 Å². The van der Waals surface area contributed by atoms with E-state index in [0.717, 1.165) is 62.8 Å². The minimum absolute atomic E-state index is 0.692. The van der Waals surface area contributed by atoms with Gasteiger partial charge < -0.3 is 9.80 Å². The molecule has 1 aliphatic carbocycles. The SMILES string of the molecule is N#Cc1cc2c(nc1N1CCN(c3ccc(-n4cccn4)nn3)CC1)CCC2. The highest BCUT2D eigenvalue weighted by atomic mass is 15.4. The number of fused-ring (bicyclic) bond motifs is 1. The Labute approximate surface area is 163 Å². The van der Waals surface area contributed by atoms with E-state index >= 15 is 0 Å². The van der Waals surface area contributed by atoms with E-state index in [9.17, 15) is 5.26 Å². The highest BCUT2D eigenvalue weighted by Gasteiger charge is 2.24. The molecule has 3 aromatic heterocycles. The molecule has 8 heteroatoms. The van der Waals surface area contributed by atoms with E-state index in [1.165, 1.54) is 5.56 Å². The average Bonchev–Trinajstić information content (AvgIpc) is 3.45. The molecule has 0 amide bonds. The second-order valence-corrected chi connectivity index (χ2v) is 7.11. The van der Waals surface area contributed by atoms with Gasteiger partial charge >= 0.3 is 0 Å². The molecular weight excluding hydrogens is 352 g/mol. The van der Waals surface area contributed by atoms with E-state index in [1.807, 2.05) is 30.5 Å². The number of aryl methyl sites for hydroxylation is 2. The van der Waals surface area contributed by atoms with E-state index < -0.39 is 0 Å². The van der Waals surface area contributed by atoms with Gasteiger partial charge in [-0.3, -0.25) is 0 Å². The standard InChI is InChI=1S/C20H20N8/c21-14-16-13-15-3-1-4-17(15)23-20(16)27-11-9-26(10-12-27)18-5-6-19(25-24-18)28-8-2-7-22-28/h2,5-8,13H,1,3-4,9-12H2. The fourth-order valence-corrected chi connectivity index (χ4v) is 3.95. The summed E-state index contributed by atoms with van der Waals surface area (Å²) >= 11 is 0. The van der Waals surface area contributed by atoms with Crippen molar-refractivity contribution in [2.45, 2.75) is 19.3 Å². The molecule has 2 aliphatic rings. The predicted octanol–water partition coefficient (Wildman–Crippen LogP) is 1.74. The van der Waals surface area contributed by atoms with Gasteiger partial charge in [0.1, 0.15) is 11.9 Å². The first-order valence-corrected chi connectivity index (χ1v) is 9.58. The minimum atomic E-state index is 0.692. The molecule has 0 saturated carbocycles. The fourth-order valence-electron chi connectivity index (χ4n) is 3.95. The van der Waals surface area contributed by atoms with Gasteiger partial charge in [-0.15, -0.1) is 10.2 Å². The van der Waals surface area contributed by atoms with Crippen LogP contribution in [0.2, 0.25) is 0 Å². The van der Waals surface area contributed by atoms with Crippen LogP contribution in [0, 0.1) is 11.3 Å². The predicted molar refractivity (Wildman–Crippen MR) is 105 cm³/mol. The Bertz CT molecular complexity index is 1010. The molecule has 5 rings (SSSR count). The number of hydrogen-bond acceptors (Lipinski definition) is 7. The second kappa shape index (κ2) is 6.93. The average molecular weight is 372 g/mol. The summed E-state index contributed by atoms with van der Waals surface area (Å²) in [6.45, 7) is 3.25. The molecule has 0 N–H and O–H groups in total. The Hall–Kier alpha value is -3.47. The molecule has 0 unspecified atom stereocenters. The van der Waals surface area contributed by atoms with Gasteiger partial charge in [0.25, 0.3) is 0 Å². The molecule has 0 aromatic carbocycles. The largest absolute Gasteiger partial charge is 0.352 e. The number of anilines is 2. The highest BCUT2D eigenvalue weighted by Crippen LogP contribution is 2.28. The van der Waals surface area contributed by atoms with Crippen LogP contribution in [0.4, 0.5) is 11.6 Å². The van der Waals surface area contributed by atoms with Gasteiger partial charge in [-0.05, 0) is 49.1 Å². The zero-order valence-corrected chi connectivity index (χ0v) is 15.5. The summed E-state index contributed by atoms with van der Waals surface area (Å²) in [6.07, 6.45) is 6.76. The van der Waals surface area contributed by atoms with Gasteiger partial charge in [0.05, 0.1) is 5.56 Å². The summed E-state index contributed by atoms with van der Waals surface area (Å²) in [5.74, 6) is 2.40. The van der Waals surface area contributed by atoms with Crippen LogP contribution in [0.3, 0.4) is 0 Å². The van der Waals surface area contributed by atoms with Crippen LogP contribution in [-0.2, 0) is 12.8 Å². The van der Waals surface area contributed by atoms with Crippen LogP contribution >= 0.6 is 0 Å². The first-order valence-electron chi connectivity index (χ1n) is 9.58. The summed E-state index contributed by atoms with van der Waals surface area (Å²) in [5.41, 5.74) is 3.10. The van der Waals surface area contributed by atoms with E-state index in [-0.39, 0.29) is 0 Å². The third-order valence-corrected chi connectivity index (χ3v) is 5.43. The Morgan fingerprint density at radius 3 is 2.46 bits per heavy atom. The lowest BCUT2D eigenvalue weighted by molar-refractivity contribution is 0.635. The number of nitriles is 1. The molecule has 8 nitrogen and oxygen atoms in total. The smallest absolute Gasteiger partial charge is 0.175 e. The van der Waals surface area contributed by atoms with Crippen LogP contribution in [0.1, 0.15) is 23.2 Å². The van der Waals surface area contributed by atoms with Crippen molar-refractivity contribution in [3.05, 3.63) is 53.5 Å². The van der Waals surface area contributed by atoms with Crippen molar-refractivity contribution >= 4 is 11.6 Å². The van der Waals surface area contributed by atoms with Crippen LogP contribution in [0.5, 0.6) is 0 Å². The molecule has 0 atom stereocenters. The summed E-state index contributed by atoms with van der Waals surface area (Å²) in [6, 6.07) is 10.1. The van der Waals surface area contributed by atoms with E-state index in [0.29, 0.717) is 11.4 Å². The number of aromatic nitrogens is 5. The normalized spacial score (nSPS) is 16.1. The van der Waals surface area contributed by atoms with Gasteiger partial charge in [-0.25, -0.2) is 9.67 Å². The zero-order chi connectivity index (χ0) is 18.9. The Morgan fingerprint density at radius 2 is 1.75 bits per heavy atom. The molecule has 3 aromatic rings. The Kier molecular flexibility index (Phi) is 4.13. The maximum atomic E-state index is 9.56. The van der Waals surface area contributed by atoms with Crippen molar-refractivity contribution in [2.24, 2.45) is 0 Å². The first kappa shape index (κ1) is 16.7. The van der Waals surface area contributed by atoms with Crippen molar-refractivity contribution in [3.63, 3.8) is 0 Å². The quantitative estimate of drug-likeness (QED) is 0.692. The first-order chi connectivity index (χ1) is 13.8. The van der Waals surface area contributed by atoms with Crippen LogP contribution in [0.25, 0.3) is 5.82 Å². The van der Waals surface area contributed by atoms with Crippen molar-refractivity contribution in [1.82, 2.24) is 25.0 Å². The Morgan fingerprint density at radius 1 is 0.964 bits per heavy atom. The molecule has 140 valence electrons. The topological polar surface area (TPSA) is 86.8 Å². The van der Waals surface area contributed by atoms with E-state index in [4.69, 9.17) is 4.98 Å². The van der Waals surface area contributed by atoms with Crippen molar-refractivity contribution < 1.29 is 0 Å². The zero-order valence-electron chi connectivity index (χ0n) is 15.5. The third-order valence-electron chi connectivity index (χ3n) is 5.43. The fraction of sp³-hybridized carbons (Fsp3) is 0.350. The highest BCUT2D eigenvalue weighted by molar-refractivity contribution is 5.58. The lowest BCUT2D eigenvalue weighted by Crippen LogP contribution is -2.47. The van der Waals surface area contributed by atoms with Crippen LogP contribution in [-0.4, -0.2) is 51.1 Å². The van der Waals surface area contributed by atoms with Crippen LogP contribution < -0.4 is 9.80 Å². The molecule has 1 saturated heterocycles. The van der Waals surface area contributed by atoms with Gasteiger partial charge in [0, 0.05) is 44.3 Å². The van der Waals surface area contributed by atoms with Gasteiger partial charge in [0.15, 0.2) is 11.6 Å². The monoisotopic (exact) mass is 372 g/mol. The number of pyridine rings is 1. The third kappa shape index (κ3) is 2.95. The van der Waals surface area contributed by atoms with Gasteiger partial charge in [-0.2, -0.15) is 10.4 Å². The van der Waals surface area contributed by atoms with Crippen LogP contribution in [0.15, 0.2) is 36.7 Å². The van der Waals surface area contributed by atoms with Crippen molar-refractivity contribution in [1.29, 1.82) is 5.26 Å². The number of rotatable bonds is 3. The summed E-state index contributed by atoms with van der Waals surface area (Å²) in [7, 11) is 0. The molecule has 1 fully saturated rings. The summed E-state index contributed by atoms with van der Waals surface area (Å²) in [4.78, 5) is 9.27. The van der Waals surface area contributed by atoms with Gasteiger partial charge in [-0.1, -0.05) is 0 Å². The maximum Gasteiger partial charge on any atom is 0.175 e. The molecule has 4 heterocycles. The maximum absolute atomic E-state index is 9.56. The molecule has 0 spiro atoms. The lowest BCUT2D eigenvalue weighted by Gasteiger charge is -2.36. The molecule has 0 bridgehead atoms.